The number of carbonyl (C=O) groups excluding carboxylic acids is 5. The minimum absolute atomic E-state index is 0.0371. The Bertz CT molecular complexity index is 2230. The van der Waals surface area contributed by atoms with Crippen molar-refractivity contribution in [1.29, 1.82) is 0 Å². The largest absolute Gasteiger partial charge is 0.522 e. The minimum atomic E-state index is -1.37. The highest BCUT2D eigenvalue weighted by Gasteiger charge is 2.23. The van der Waals surface area contributed by atoms with Gasteiger partial charge in [-0.2, -0.15) is 0 Å². The quantitative estimate of drug-likeness (QED) is 0.0394. The zero-order chi connectivity index (χ0) is 38.8. The summed E-state index contributed by atoms with van der Waals surface area (Å²) in [5.41, 5.74) is 3.68. The van der Waals surface area contributed by atoms with Crippen LogP contribution in [-0.4, -0.2) is 30.0 Å². The fraction of sp³-hybridized carbons (Fsp3) is 0.0930. The highest BCUT2D eigenvalue weighted by molar-refractivity contribution is 5.95. The first kappa shape index (κ1) is 38.6. The molecule has 0 atom stereocenters. The normalized spacial score (nSPS) is 10.0. The summed E-state index contributed by atoms with van der Waals surface area (Å²) in [4.78, 5) is 61.5. The maximum atomic E-state index is 12.8. The summed E-state index contributed by atoms with van der Waals surface area (Å²) in [5, 5.41) is 0. The molecule has 0 unspecified atom stereocenters. The van der Waals surface area contributed by atoms with Gasteiger partial charge in [-0.3, -0.25) is 0 Å². The second-order valence-corrected chi connectivity index (χ2v) is 11.8. The van der Waals surface area contributed by atoms with Gasteiger partial charge >= 0.3 is 30.0 Å². The van der Waals surface area contributed by atoms with Crippen molar-refractivity contribution >= 4 is 30.0 Å². The van der Waals surface area contributed by atoms with Gasteiger partial charge in [0.2, 0.25) is 0 Å². The minimum Gasteiger partial charge on any atom is -0.423 e. The van der Waals surface area contributed by atoms with Crippen LogP contribution in [0.5, 0.6) is 23.0 Å². The van der Waals surface area contributed by atoms with Crippen molar-refractivity contribution in [3.05, 3.63) is 145 Å². The molecule has 53 heavy (non-hydrogen) atoms. The summed E-state index contributed by atoms with van der Waals surface area (Å²) >= 11 is 0. The second-order valence-electron chi connectivity index (χ2n) is 11.8. The first-order chi connectivity index (χ1) is 25.1. The van der Waals surface area contributed by atoms with Crippen molar-refractivity contribution in [2.75, 3.05) is 0 Å². The van der Waals surface area contributed by atoms with Crippen LogP contribution in [-0.2, 0) is 23.9 Å². The molecule has 4 rings (SSSR count). The Labute approximate surface area is 306 Å². The summed E-state index contributed by atoms with van der Waals surface area (Å²) in [6.45, 7) is 20.2. The van der Waals surface area contributed by atoms with Crippen molar-refractivity contribution in [3.8, 4) is 57.1 Å². The van der Waals surface area contributed by atoms with Gasteiger partial charge in [0, 0.05) is 33.4 Å². The van der Waals surface area contributed by atoms with Crippen LogP contribution in [0.1, 0.15) is 38.8 Å². The van der Waals surface area contributed by atoms with Crippen LogP contribution < -0.4 is 18.9 Å². The van der Waals surface area contributed by atoms with Crippen LogP contribution in [0.2, 0.25) is 0 Å². The maximum Gasteiger partial charge on any atom is 0.522 e. The molecule has 10 nitrogen and oxygen atoms in total. The van der Waals surface area contributed by atoms with Gasteiger partial charge in [0.05, 0.1) is 5.56 Å². The van der Waals surface area contributed by atoms with Gasteiger partial charge in [0.1, 0.15) is 23.0 Å². The van der Waals surface area contributed by atoms with Gasteiger partial charge < -0.3 is 23.7 Å². The van der Waals surface area contributed by atoms with E-state index in [1.807, 2.05) is 24.3 Å². The average Bonchev–Trinajstić information content (AvgIpc) is 3.11. The Morgan fingerprint density at radius 3 is 1.28 bits per heavy atom. The molecule has 0 radical (unpaired) electrons. The Kier molecular flexibility index (Phi) is 12.4. The van der Waals surface area contributed by atoms with Gasteiger partial charge in [-0.25, -0.2) is 24.0 Å². The molecule has 0 fully saturated rings. The van der Waals surface area contributed by atoms with Crippen LogP contribution in [0.3, 0.4) is 0 Å². The predicted molar refractivity (Wildman–Crippen MR) is 198 cm³/mol. The average molecular weight is 711 g/mol. The molecule has 0 heterocycles. The van der Waals surface area contributed by atoms with E-state index in [0.717, 1.165) is 11.1 Å². The van der Waals surface area contributed by atoms with Crippen molar-refractivity contribution in [1.82, 2.24) is 0 Å². The number of esters is 4. The Morgan fingerprint density at radius 2 is 0.830 bits per heavy atom. The summed E-state index contributed by atoms with van der Waals surface area (Å²) in [6, 6.07) is 23.3. The standard InChI is InChI=1S/C43H34O10/c1-25(2)39(44)49-34-19-15-32(16-20-34)31-13-11-29(12-14-31)9-10-30-23-36(51-41(46)27(5)6)38(37(24-30)52-43(48)53-42(47)28(7)8)33-17-21-35(22-18-33)50-40(45)26(3)4/h11-24H,1,3,5,7H2,2,4,6,8H3. The third-order valence-corrected chi connectivity index (χ3v) is 7.02. The topological polar surface area (TPSA) is 132 Å². The van der Waals surface area contributed by atoms with E-state index in [0.29, 0.717) is 22.4 Å². The summed E-state index contributed by atoms with van der Waals surface area (Å²) in [5.74, 6) is 3.49. The molecule has 4 aromatic carbocycles. The van der Waals surface area contributed by atoms with Crippen LogP contribution in [0, 0.1) is 11.8 Å². The molecule has 0 spiro atoms. The molecular weight excluding hydrogens is 676 g/mol. The fourth-order valence-corrected chi connectivity index (χ4v) is 4.25. The summed E-state index contributed by atoms with van der Waals surface area (Å²) in [7, 11) is 0. The van der Waals surface area contributed by atoms with E-state index in [2.05, 4.69) is 38.2 Å². The molecular formula is C43H34O10. The van der Waals surface area contributed by atoms with E-state index in [4.69, 9.17) is 23.7 Å². The molecule has 0 aliphatic carbocycles. The smallest absolute Gasteiger partial charge is 0.423 e. The maximum absolute atomic E-state index is 12.8. The molecule has 266 valence electrons. The lowest BCUT2D eigenvalue weighted by Gasteiger charge is -2.16. The third kappa shape index (κ3) is 10.6. The Morgan fingerprint density at radius 1 is 0.453 bits per heavy atom. The van der Waals surface area contributed by atoms with Crippen LogP contribution in [0.15, 0.2) is 134 Å². The van der Waals surface area contributed by atoms with E-state index in [-0.39, 0.29) is 45.1 Å². The Balaban J connectivity index is 1.73. The molecule has 0 amide bonds. The zero-order valence-corrected chi connectivity index (χ0v) is 29.5. The van der Waals surface area contributed by atoms with Gasteiger partial charge in [0.15, 0.2) is 0 Å². The molecule has 0 aliphatic heterocycles. The predicted octanol–water partition coefficient (Wildman–Crippen LogP) is 8.48. The fourth-order valence-electron chi connectivity index (χ4n) is 4.25. The third-order valence-electron chi connectivity index (χ3n) is 7.02. The summed E-state index contributed by atoms with van der Waals surface area (Å²) < 4.78 is 26.5. The second kappa shape index (κ2) is 17.1. The molecule has 0 N–H and O–H groups in total. The molecule has 4 aromatic rings. The molecule has 0 aromatic heterocycles. The van der Waals surface area contributed by atoms with Crippen molar-refractivity contribution in [2.24, 2.45) is 0 Å². The number of rotatable bonds is 10. The lowest BCUT2D eigenvalue weighted by atomic mass is 10.0. The van der Waals surface area contributed by atoms with Gasteiger partial charge in [0.25, 0.3) is 0 Å². The van der Waals surface area contributed by atoms with E-state index >= 15 is 0 Å². The number of hydrogen-bond donors (Lipinski definition) is 0. The first-order valence-electron chi connectivity index (χ1n) is 15.8. The Hall–Kier alpha value is -7.25. The van der Waals surface area contributed by atoms with E-state index in [1.54, 1.807) is 43.3 Å². The highest BCUT2D eigenvalue weighted by atomic mass is 16.7. The number of ether oxygens (including phenoxy) is 5. The van der Waals surface area contributed by atoms with Crippen LogP contribution in [0.25, 0.3) is 22.3 Å². The van der Waals surface area contributed by atoms with E-state index in [9.17, 15) is 24.0 Å². The van der Waals surface area contributed by atoms with Gasteiger partial charge in [-0.1, -0.05) is 74.6 Å². The molecule has 10 heteroatoms. The van der Waals surface area contributed by atoms with Gasteiger partial charge in [-0.15, -0.1) is 0 Å². The molecule has 0 bridgehead atoms. The molecule has 0 saturated carbocycles. The van der Waals surface area contributed by atoms with E-state index < -0.39 is 30.0 Å². The van der Waals surface area contributed by atoms with Crippen LogP contribution in [0.4, 0.5) is 4.79 Å². The zero-order valence-electron chi connectivity index (χ0n) is 29.5. The van der Waals surface area contributed by atoms with Crippen molar-refractivity contribution in [2.45, 2.75) is 27.7 Å². The molecule has 0 aliphatic rings. The van der Waals surface area contributed by atoms with Gasteiger partial charge in [-0.05, 0) is 92.9 Å². The monoisotopic (exact) mass is 710 g/mol. The van der Waals surface area contributed by atoms with E-state index in [1.165, 1.54) is 45.0 Å². The number of benzene rings is 4. The lowest BCUT2D eigenvalue weighted by molar-refractivity contribution is -0.134. The van der Waals surface area contributed by atoms with Crippen molar-refractivity contribution in [3.63, 3.8) is 0 Å². The first-order valence-corrected chi connectivity index (χ1v) is 15.8. The van der Waals surface area contributed by atoms with Crippen LogP contribution >= 0.6 is 0 Å². The summed E-state index contributed by atoms with van der Waals surface area (Å²) in [6.07, 6.45) is -1.37. The number of hydrogen-bond acceptors (Lipinski definition) is 10. The molecule has 0 saturated heterocycles. The number of carbonyl (C=O) groups is 5. The highest BCUT2D eigenvalue weighted by Crippen LogP contribution is 2.41. The van der Waals surface area contributed by atoms with Crippen molar-refractivity contribution < 1.29 is 47.7 Å². The SMILES string of the molecule is C=C(C)C(=O)OC(=O)Oc1cc(C#Cc2ccc(-c3ccc(OC(=O)C(=C)C)cc3)cc2)cc(OC(=O)C(=C)C)c1-c1ccc(OC(=O)C(=C)C)cc1. The lowest BCUT2D eigenvalue weighted by Crippen LogP contribution is -2.17.